The van der Waals surface area contributed by atoms with Crippen LogP contribution in [-0.2, 0) is 16.1 Å². The number of nitrogens with zero attached hydrogens (tertiary/aromatic N) is 1. The molecule has 24 heavy (non-hydrogen) atoms. The van der Waals surface area contributed by atoms with Crippen molar-refractivity contribution < 1.29 is 14.6 Å². The fourth-order valence-electron chi connectivity index (χ4n) is 3.09. The third-order valence-corrected chi connectivity index (χ3v) is 4.39. The first-order chi connectivity index (χ1) is 11.6. The van der Waals surface area contributed by atoms with Gasteiger partial charge in [0.25, 0.3) is 0 Å². The highest BCUT2D eigenvalue weighted by atomic mass is 16.5. The fraction of sp³-hybridized carbons (Fsp3) is 0.500. The Morgan fingerprint density at radius 3 is 2.62 bits per heavy atom. The van der Waals surface area contributed by atoms with Crippen molar-refractivity contribution in [3.63, 3.8) is 0 Å². The molecular formula is C20H27NO3. The highest BCUT2D eigenvalue weighted by Crippen LogP contribution is 2.27. The molecule has 0 radical (unpaired) electrons. The first-order valence-electron chi connectivity index (χ1n) is 8.67. The predicted octanol–water partition coefficient (Wildman–Crippen LogP) is 3.63. The second-order valence-corrected chi connectivity index (χ2v) is 6.46. The van der Waals surface area contributed by atoms with Crippen LogP contribution in [-0.4, -0.2) is 29.9 Å². The van der Waals surface area contributed by atoms with Crippen molar-refractivity contribution >= 4 is 17.8 Å². The van der Waals surface area contributed by atoms with Gasteiger partial charge in [-0.05, 0) is 42.4 Å². The van der Waals surface area contributed by atoms with E-state index in [0.29, 0.717) is 6.61 Å². The van der Waals surface area contributed by atoms with E-state index in [-0.39, 0.29) is 30.5 Å². The first kappa shape index (κ1) is 18.4. The second kappa shape index (κ2) is 8.78. The lowest BCUT2D eigenvalue weighted by molar-refractivity contribution is -0.150. The van der Waals surface area contributed by atoms with Crippen molar-refractivity contribution in [1.82, 2.24) is 0 Å². The molecule has 0 bridgehead atoms. The van der Waals surface area contributed by atoms with Gasteiger partial charge in [0.15, 0.2) is 0 Å². The summed E-state index contributed by atoms with van der Waals surface area (Å²) >= 11 is 0. The van der Waals surface area contributed by atoms with Crippen molar-refractivity contribution in [2.24, 2.45) is 16.8 Å². The average Bonchev–Trinajstić information content (AvgIpc) is 2.81. The highest BCUT2D eigenvalue weighted by Gasteiger charge is 2.32. The molecule has 0 fully saturated rings. The molecule has 130 valence electrons. The SMILES string of the molecule is CCOC(=O)C(C(C)C)C1CCC=C(c2ccc(CO)cc2)C=N1. The maximum atomic E-state index is 12.3. The molecule has 0 saturated carbocycles. The third-order valence-electron chi connectivity index (χ3n) is 4.39. The molecule has 1 aromatic rings. The minimum absolute atomic E-state index is 0.0467. The summed E-state index contributed by atoms with van der Waals surface area (Å²) in [5.74, 6) is -0.160. The van der Waals surface area contributed by atoms with Crippen molar-refractivity contribution in [3.05, 3.63) is 41.5 Å². The van der Waals surface area contributed by atoms with E-state index in [1.54, 1.807) is 0 Å². The Morgan fingerprint density at radius 1 is 1.33 bits per heavy atom. The molecule has 0 aliphatic carbocycles. The Balaban J connectivity index is 2.16. The number of carbonyl (C=O) groups excluding carboxylic acids is 1. The number of allylic oxidation sites excluding steroid dienone is 2. The van der Waals surface area contributed by atoms with E-state index >= 15 is 0 Å². The van der Waals surface area contributed by atoms with Crippen molar-refractivity contribution in [2.75, 3.05) is 6.61 Å². The smallest absolute Gasteiger partial charge is 0.311 e. The molecule has 1 aliphatic rings. The Morgan fingerprint density at radius 2 is 2.04 bits per heavy atom. The summed E-state index contributed by atoms with van der Waals surface area (Å²) < 4.78 is 5.24. The largest absolute Gasteiger partial charge is 0.466 e. The van der Waals surface area contributed by atoms with E-state index in [2.05, 4.69) is 6.08 Å². The Bertz CT molecular complexity index is 602. The lowest BCUT2D eigenvalue weighted by Crippen LogP contribution is -2.33. The van der Waals surface area contributed by atoms with Gasteiger partial charge in [0, 0.05) is 6.21 Å². The monoisotopic (exact) mass is 329 g/mol. The maximum Gasteiger partial charge on any atom is 0.311 e. The van der Waals surface area contributed by atoms with Gasteiger partial charge in [-0.3, -0.25) is 9.79 Å². The molecule has 4 nitrogen and oxygen atoms in total. The average molecular weight is 329 g/mol. The number of hydrogen-bond acceptors (Lipinski definition) is 4. The number of carbonyl (C=O) groups is 1. The zero-order chi connectivity index (χ0) is 17.5. The summed E-state index contributed by atoms with van der Waals surface area (Å²) in [6, 6.07) is 7.78. The normalized spacial score (nSPS) is 18.9. The number of rotatable bonds is 6. The zero-order valence-corrected chi connectivity index (χ0v) is 14.7. The van der Waals surface area contributed by atoms with Crippen LogP contribution in [0.25, 0.3) is 5.57 Å². The Labute approximate surface area is 144 Å². The van der Waals surface area contributed by atoms with Crippen molar-refractivity contribution in [1.29, 1.82) is 0 Å². The summed E-state index contributed by atoms with van der Waals surface area (Å²) in [6.07, 6.45) is 5.76. The van der Waals surface area contributed by atoms with E-state index in [4.69, 9.17) is 14.8 Å². The number of aliphatic hydroxyl groups excluding tert-OH is 1. The van der Waals surface area contributed by atoms with Crippen LogP contribution in [0.5, 0.6) is 0 Å². The van der Waals surface area contributed by atoms with Crippen LogP contribution in [0.2, 0.25) is 0 Å². The summed E-state index contributed by atoms with van der Waals surface area (Å²) in [7, 11) is 0. The third kappa shape index (κ3) is 4.54. The van der Waals surface area contributed by atoms with Gasteiger partial charge < -0.3 is 9.84 Å². The number of aliphatic imine (C=N–C) groups is 1. The summed E-state index contributed by atoms with van der Waals surface area (Å²) in [4.78, 5) is 17.0. The standard InChI is InChI=1S/C20H27NO3/c1-4-24-20(23)19(14(2)3)18-7-5-6-17(12-21-18)16-10-8-15(13-22)9-11-16/h6,8-12,14,18-19,22H,4-5,7,13H2,1-3H3. The van der Waals surface area contributed by atoms with E-state index in [1.807, 2.05) is 51.3 Å². The van der Waals surface area contributed by atoms with Gasteiger partial charge in [-0.1, -0.05) is 44.2 Å². The van der Waals surface area contributed by atoms with Crippen LogP contribution in [0.4, 0.5) is 0 Å². The minimum atomic E-state index is -0.203. The quantitative estimate of drug-likeness (QED) is 0.811. The summed E-state index contributed by atoms with van der Waals surface area (Å²) in [6.45, 7) is 6.37. The van der Waals surface area contributed by atoms with Crippen LogP contribution >= 0.6 is 0 Å². The molecule has 0 aromatic heterocycles. The number of benzene rings is 1. The topological polar surface area (TPSA) is 58.9 Å². The fourth-order valence-corrected chi connectivity index (χ4v) is 3.09. The zero-order valence-electron chi connectivity index (χ0n) is 14.7. The first-order valence-corrected chi connectivity index (χ1v) is 8.67. The molecule has 2 rings (SSSR count). The van der Waals surface area contributed by atoms with Crippen LogP contribution in [0, 0.1) is 11.8 Å². The Kier molecular flexibility index (Phi) is 6.73. The van der Waals surface area contributed by atoms with E-state index in [1.165, 1.54) is 0 Å². The molecule has 2 unspecified atom stereocenters. The van der Waals surface area contributed by atoms with Crippen LogP contribution < -0.4 is 0 Å². The van der Waals surface area contributed by atoms with Gasteiger partial charge in [0.05, 0.1) is 25.2 Å². The van der Waals surface area contributed by atoms with Crippen LogP contribution in [0.3, 0.4) is 0 Å². The molecule has 1 aromatic carbocycles. The molecular weight excluding hydrogens is 302 g/mol. The lowest BCUT2D eigenvalue weighted by Gasteiger charge is -2.24. The van der Waals surface area contributed by atoms with Crippen LogP contribution in [0.15, 0.2) is 35.3 Å². The van der Waals surface area contributed by atoms with Gasteiger partial charge in [-0.25, -0.2) is 0 Å². The van der Waals surface area contributed by atoms with Crippen molar-refractivity contribution in [2.45, 2.75) is 46.3 Å². The molecule has 1 N–H and O–H groups in total. The number of aliphatic hydroxyl groups is 1. The summed E-state index contributed by atoms with van der Waals surface area (Å²) in [5.41, 5.74) is 3.03. The van der Waals surface area contributed by atoms with E-state index in [9.17, 15) is 4.79 Å². The lowest BCUT2D eigenvalue weighted by atomic mass is 9.86. The van der Waals surface area contributed by atoms with Gasteiger partial charge in [0.2, 0.25) is 0 Å². The van der Waals surface area contributed by atoms with Crippen molar-refractivity contribution in [3.8, 4) is 0 Å². The number of ether oxygens (including phenoxy) is 1. The predicted molar refractivity (Wildman–Crippen MR) is 96.8 cm³/mol. The molecule has 0 saturated heterocycles. The molecule has 1 aliphatic heterocycles. The van der Waals surface area contributed by atoms with Gasteiger partial charge in [0.1, 0.15) is 0 Å². The second-order valence-electron chi connectivity index (χ2n) is 6.46. The summed E-state index contributed by atoms with van der Waals surface area (Å²) in [5, 5.41) is 9.14. The van der Waals surface area contributed by atoms with Gasteiger partial charge >= 0.3 is 5.97 Å². The van der Waals surface area contributed by atoms with E-state index in [0.717, 1.165) is 29.5 Å². The van der Waals surface area contributed by atoms with Crippen LogP contribution in [0.1, 0.15) is 44.7 Å². The highest BCUT2D eigenvalue weighted by molar-refractivity contribution is 6.10. The molecule has 0 amide bonds. The Hall–Kier alpha value is -1.94. The maximum absolute atomic E-state index is 12.3. The molecule has 0 spiro atoms. The molecule has 4 heteroatoms. The number of esters is 1. The molecule has 1 heterocycles. The van der Waals surface area contributed by atoms with Gasteiger partial charge in [-0.2, -0.15) is 0 Å². The minimum Gasteiger partial charge on any atom is -0.466 e. The molecule has 2 atom stereocenters. The van der Waals surface area contributed by atoms with Gasteiger partial charge in [-0.15, -0.1) is 0 Å². The number of hydrogen-bond donors (Lipinski definition) is 1. The van der Waals surface area contributed by atoms with E-state index < -0.39 is 0 Å².